The number of ether oxygens (including phenoxy) is 2. The Balaban J connectivity index is 1.37. The van der Waals surface area contributed by atoms with Gasteiger partial charge in [-0.25, -0.2) is 9.38 Å². The van der Waals surface area contributed by atoms with Gasteiger partial charge in [-0.3, -0.25) is 15.6 Å². The van der Waals surface area contributed by atoms with E-state index in [2.05, 4.69) is 15.6 Å². The molecule has 188 valence electrons. The van der Waals surface area contributed by atoms with Gasteiger partial charge in [0.25, 0.3) is 11.9 Å². The molecule has 0 aliphatic carbocycles. The first-order chi connectivity index (χ1) is 18.0. The third-order valence-electron chi connectivity index (χ3n) is 6.02. The molecular formula is C27H25FN6O3. The van der Waals surface area contributed by atoms with Gasteiger partial charge in [0.15, 0.2) is 0 Å². The molecule has 0 saturated carbocycles. The van der Waals surface area contributed by atoms with Crippen molar-refractivity contribution < 1.29 is 18.7 Å². The quantitative estimate of drug-likeness (QED) is 0.323. The number of nitrogens with one attached hydrogen (secondary N) is 4. The molecule has 1 saturated heterocycles. The molecule has 0 bridgehead atoms. The summed E-state index contributed by atoms with van der Waals surface area (Å²) in [6, 6.07) is 20.2. The maximum Gasteiger partial charge on any atom is 0.290 e. The van der Waals surface area contributed by atoms with Crippen LogP contribution in [0.5, 0.6) is 0 Å². The molecule has 1 amide bonds. The van der Waals surface area contributed by atoms with Gasteiger partial charge in [-0.2, -0.15) is 0 Å². The Labute approximate surface area is 212 Å². The van der Waals surface area contributed by atoms with Crippen LogP contribution in [0.1, 0.15) is 16.7 Å². The van der Waals surface area contributed by atoms with Gasteiger partial charge < -0.3 is 25.0 Å². The first kappa shape index (κ1) is 24.1. The van der Waals surface area contributed by atoms with E-state index in [4.69, 9.17) is 20.3 Å². The predicted octanol–water partition coefficient (Wildman–Crippen LogP) is 3.34. The van der Waals surface area contributed by atoms with E-state index in [-0.39, 0.29) is 5.90 Å². The molecule has 0 unspecified atom stereocenters. The highest BCUT2D eigenvalue weighted by Gasteiger charge is 2.27. The normalized spacial score (nSPS) is 17.1. The number of aliphatic imine (C=N–C) groups is 1. The number of rotatable bonds is 4. The third-order valence-corrected chi connectivity index (χ3v) is 6.02. The molecule has 2 heterocycles. The summed E-state index contributed by atoms with van der Waals surface area (Å²) in [6.45, 7) is 2.06. The third kappa shape index (κ3) is 5.34. The zero-order valence-electron chi connectivity index (χ0n) is 19.8. The van der Waals surface area contributed by atoms with Crippen molar-refractivity contribution in [1.29, 1.82) is 10.8 Å². The van der Waals surface area contributed by atoms with E-state index in [9.17, 15) is 9.18 Å². The van der Waals surface area contributed by atoms with E-state index in [1.165, 1.54) is 18.2 Å². The van der Waals surface area contributed by atoms with Crippen LogP contribution in [0.2, 0.25) is 0 Å². The summed E-state index contributed by atoms with van der Waals surface area (Å²) < 4.78 is 24.8. The van der Waals surface area contributed by atoms with Crippen molar-refractivity contribution in [3.63, 3.8) is 0 Å². The van der Waals surface area contributed by atoms with E-state index in [1.807, 2.05) is 53.4 Å². The summed E-state index contributed by atoms with van der Waals surface area (Å²) >= 11 is 0. The Morgan fingerprint density at radius 3 is 2.57 bits per heavy atom. The Bertz CT molecular complexity index is 1370. The van der Waals surface area contributed by atoms with Gasteiger partial charge in [-0.1, -0.05) is 48.5 Å². The number of fused-ring (bicyclic) bond motifs is 1. The number of benzene rings is 3. The fourth-order valence-electron chi connectivity index (χ4n) is 4.25. The summed E-state index contributed by atoms with van der Waals surface area (Å²) in [4.78, 5) is 19.5. The van der Waals surface area contributed by atoms with Crippen LogP contribution in [0.3, 0.4) is 0 Å². The number of carbonyl (C=O) groups excluding carboxylic acids is 1. The second kappa shape index (κ2) is 10.6. The van der Waals surface area contributed by atoms with Crippen LogP contribution < -0.4 is 15.5 Å². The fraction of sp³-hybridized carbons (Fsp3) is 0.185. The molecule has 1 atom stereocenters. The smallest absolute Gasteiger partial charge is 0.290 e. The highest BCUT2D eigenvalue weighted by Crippen LogP contribution is 2.25. The second-order valence-electron chi connectivity index (χ2n) is 8.45. The standard InChI is InChI=1S/C27H25FN6O3/c28-18-10-11-20(22(16-18)34-12-14-36-15-13-34)24(29)37-27(30)33-25-26(35)31-21-9-5-4-8-19(21)23(32-25)17-6-2-1-3-7-17/h1-11,16,25,29H,12-15H2,(H2,30,33)(H,31,35)/t25-/m1/s1. The van der Waals surface area contributed by atoms with E-state index in [0.29, 0.717) is 49.0 Å². The van der Waals surface area contributed by atoms with Crippen molar-refractivity contribution >= 4 is 34.9 Å². The van der Waals surface area contributed by atoms with Gasteiger partial charge in [0.1, 0.15) is 5.82 Å². The summed E-state index contributed by atoms with van der Waals surface area (Å²) in [5.41, 5.74) is 3.52. The number of hydrogen-bond donors (Lipinski definition) is 4. The van der Waals surface area contributed by atoms with Crippen molar-refractivity contribution in [3.8, 4) is 0 Å². The number of amidine groups is 1. The molecule has 9 nitrogen and oxygen atoms in total. The Kier molecular flexibility index (Phi) is 6.91. The molecule has 0 spiro atoms. The number of nitrogens with zero attached hydrogens (tertiary/aromatic N) is 2. The van der Waals surface area contributed by atoms with Crippen molar-refractivity contribution in [1.82, 2.24) is 5.32 Å². The number of hydrogen-bond acceptors (Lipinski definition) is 7. The minimum absolute atomic E-state index is 0.320. The maximum atomic E-state index is 14.0. The van der Waals surface area contributed by atoms with Crippen LogP contribution in [0.25, 0.3) is 0 Å². The largest absolute Gasteiger partial charge is 0.407 e. The number of carbonyl (C=O) groups is 1. The molecule has 4 N–H and O–H groups in total. The van der Waals surface area contributed by atoms with Crippen molar-refractivity contribution in [2.24, 2.45) is 4.99 Å². The van der Waals surface area contributed by atoms with Crippen LogP contribution in [0.4, 0.5) is 15.8 Å². The number of amides is 1. The Morgan fingerprint density at radius 2 is 1.78 bits per heavy atom. The molecule has 5 rings (SSSR count). The minimum atomic E-state index is -1.19. The molecular weight excluding hydrogens is 475 g/mol. The van der Waals surface area contributed by atoms with E-state index in [0.717, 1.165) is 11.1 Å². The summed E-state index contributed by atoms with van der Waals surface area (Å²) in [7, 11) is 0. The summed E-state index contributed by atoms with van der Waals surface area (Å²) in [6.07, 6.45) is -1.19. The highest BCUT2D eigenvalue weighted by atomic mass is 19.1. The molecule has 3 aromatic rings. The molecule has 2 aliphatic rings. The van der Waals surface area contributed by atoms with Gasteiger partial charge in [0.05, 0.1) is 35.9 Å². The predicted molar refractivity (Wildman–Crippen MR) is 139 cm³/mol. The van der Waals surface area contributed by atoms with Crippen molar-refractivity contribution in [3.05, 3.63) is 95.3 Å². The average molecular weight is 501 g/mol. The lowest BCUT2D eigenvalue weighted by Crippen LogP contribution is -2.43. The van der Waals surface area contributed by atoms with Crippen LogP contribution in [-0.2, 0) is 14.3 Å². The number of benzodiazepines with no additional fused rings is 1. The van der Waals surface area contributed by atoms with Gasteiger partial charge in [-0.05, 0) is 24.3 Å². The van der Waals surface area contributed by atoms with Gasteiger partial charge in [-0.15, -0.1) is 0 Å². The monoisotopic (exact) mass is 500 g/mol. The number of morpholine rings is 1. The topological polar surface area (TPSA) is 123 Å². The molecule has 10 heteroatoms. The van der Waals surface area contributed by atoms with Gasteiger partial charge >= 0.3 is 0 Å². The lowest BCUT2D eigenvalue weighted by Gasteiger charge is -2.30. The molecule has 1 fully saturated rings. The van der Waals surface area contributed by atoms with E-state index >= 15 is 0 Å². The number of anilines is 2. The van der Waals surface area contributed by atoms with E-state index < -0.39 is 23.9 Å². The second-order valence-corrected chi connectivity index (χ2v) is 8.45. The number of para-hydroxylation sites is 1. The zero-order valence-corrected chi connectivity index (χ0v) is 19.8. The Hall–Kier alpha value is -4.57. The summed E-state index contributed by atoms with van der Waals surface area (Å²) in [5, 5.41) is 22.3. The van der Waals surface area contributed by atoms with Crippen LogP contribution >= 0.6 is 0 Å². The molecule has 2 aliphatic heterocycles. The molecule has 0 radical (unpaired) electrons. The lowest BCUT2D eigenvalue weighted by molar-refractivity contribution is -0.117. The van der Waals surface area contributed by atoms with Crippen LogP contribution in [-0.4, -0.2) is 56.0 Å². The SMILES string of the molecule is N=C(N[C@H]1N=C(c2ccccc2)c2ccccc2NC1=O)OC(=N)c1ccc(F)cc1N1CCOCC1. The fourth-order valence-corrected chi connectivity index (χ4v) is 4.25. The molecule has 37 heavy (non-hydrogen) atoms. The maximum absolute atomic E-state index is 14.0. The van der Waals surface area contributed by atoms with Crippen LogP contribution in [0, 0.1) is 16.6 Å². The first-order valence-electron chi connectivity index (χ1n) is 11.8. The lowest BCUT2D eigenvalue weighted by atomic mass is 10.0. The zero-order chi connectivity index (χ0) is 25.8. The van der Waals surface area contributed by atoms with Crippen molar-refractivity contribution in [2.75, 3.05) is 36.5 Å². The van der Waals surface area contributed by atoms with Crippen molar-refractivity contribution in [2.45, 2.75) is 6.17 Å². The Morgan fingerprint density at radius 1 is 1.05 bits per heavy atom. The van der Waals surface area contributed by atoms with Gasteiger partial charge in [0.2, 0.25) is 12.1 Å². The number of halogens is 1. The minimum Gasteiger partial charge on any atom is -0.407 e. The van der Waals surface area contributed by atoms with Gasteiger partial charge in [0, 0.05) is 24.2 Å². The average Bonchev–Trinajstić information content (AvgIpc) is 3.05. The molecule has 0 aromatic heterocycles. The molecule has 3 aromatic carbocycles. The summed E-state index contributed by atoms with van der Waals surface area (Å²) in [5.74, 6) is -1.28. The van der Waals surface area contributed by atoms with Crippen LogP contribution in [0.15, 0.2) is 77.8 Å². The van der Waals surface area contributed by atoms with E-state index in [1.54, 1.807) is 6.07 Å². The highest BCUT2D eigenvalue weighted by molar-refractivity contribution is 6.19. The first-order valence-corrected chi connectivity index (χ1v) is 11.8.